The normalized spacial score (nSPS) is 11.0. The van der Waals surface area contributed by atoms with Crippen LogP contribution in [-0.2, 0) is 14.3 Å². The molecule has 0 radical (unpaired) electrons. The van der Waals surface area contributed by atoms with Crippen LogP contribution in [0.4, 0.5) is 0 Å². The van der Waals surface area contributed by atoms with E-state index >= 15 is 0 Å². The Morgan fingerprint density at radius 2 is 1.69 bits per heavy atom. The van der Waals surface area contributed by atoms with Crippen LogP contribution in [0.5, 0.6) is 0 Å². The highest BCUT2D eigenvalue weighted by Gasteiger charge is 2.44. The lowest BCUT2D eigenvalue weighted by Crippen LogP contribution is -2.39. The van der Waals surface area contributed by atoms with E-state index in [1.54, 1.807) is 20.8 Å². The van der Waals surface area contributed by atoms with Gasteiger partial charge < -0.3 is 9.84 Å². The van der Waals surface area contributed by atoms with Crippen LogP contribution >= 0.6 is 0 Å². The number of carboxylic acids is 1. The predicted octanol–water partition coefficient (Wildman–Crippen LogP) is 1.44. The number of hydrogen-bond acceptors (Lipinski definition) is 3. The third-order valence-electron chi connectivity index (χ3n) is 2.28. The predicted molar refractivity (Wildman–Crippen MR) is 47.3 cm³/mol. The molecule has 4 nitrogen and oxygen atoms in total. The summed E-state index contributed by atoms with van der Waals surface area (Å²) in [6.07, 6.45) is 0.523. The van der Waals surface area contributed by atoms with Crippen LogP contribution in [0.3, 0.4) is 0 Å². The van der Waals surface area contributed by atoms with Gasteiger partial charge in [0.25, 0.3) is 0 Å². The van der Waals surface area contributed by atoms with Gasteiger partial charge in [-0.3, -0.25) is 9.59 Å². The van der Waals surface area contributed by atoms with E-state index in [0.717, 1.165) is 0 Å². The number of hydrogen-bond donors (Lipinski definition) is 1. The molecule has 0 fully saturated rings. The Morgan fingerprint density at radius 1 is 1.23 bits per heavy atom. The molecule has 13 heavy (non-hydrogen) atoms. The van der Waals surface area contributed by atoms with Gasteiger partial charge in [-0.15, -0.1) is 0 Å². The molecule has 1 N–H and O–H groups in total. The lowest BCUT2D eigenvalue weighted by molar-refractivity contribution is -0.169. The number of ether oxygens (including phenoxy) is 1. The van der Waals surface area contributed by atoms with E-state index in [-0.39, 0.29) is 19.4 Å². The first-order valence-corrected chi connectivity index (χ1v) is 4.45. The summed E-state index contributed by atoms with van der Waals surface area (Å²) in [5.74, 6) is -1.73. The van der Waals surface area contributed by atoms with E-state index in [1.807, 2.05) is 0 Å². The fourth-order valence-corrected chi connectivity index (χ4v) is 1.20. The first-order valence-electron chi connectivity index (χ1n) is 4.45. The van der Waals surface area contributed by atoms with Crippen LogP contribution in [0, 0.1) is 5.41 Å². The molecule has 0 heterocycles. The van der Waals surface area contributed by atoms with Crippen molar-refractivity contribution in [2.45, 2.75) is 33.6 Å². The molecule has 0 spiro atoms. The van der Waals surface area contributed by atoms with E-state index in [0.29, 0.717) is 0 Å². The van der Waals surface area contributed by atoms with E-state index in [2.05, 4.69) is 0 Å². The highest BCUT2D eigenvalue weighted by molar-refractivity contribution is 5.99. The highest BCUT2D eigenvalue weighted by atomic mass is 16.5. The molecule has 0 aromatic heterocycles. The summed E-state index contributed by atoms with van der Waals surface area (Å²) in [6, 6.07) is 0. The van der Waals surface area contributed by atoms with E-state index in [4.69, 9.17) is 9.84 Å². The van der Waals surface area contributed by atoms with Gasteiger partial charge in [0, 0.05) is 0 Å². The van der Waals surface area contributed by atoms with Crippen LogP contribution in [-0.4, -0.2) is 23.7 Å². The molecule has 0 rings (SSSR count). The molecule has 0 aliphatic rings. The van der Waals surface area contributed by atoms with E-state index in [1.165, 1.54) is 0 Å². The van der Waals surface area contributed by atoms with Gasteiger partial charge in [-0.1, -0.05) is 13.8 Å². The summed E-state index contributed by atoms with van der Waals surface area (Å²) in [5, 5.41) is 8.92. The van der Waals surface area contributed by atoms with Crippen molar-refractivity contribution < 1.29 is 19.4 Å². The Hall–Kier alpha value is -1.06. The van der Waals surface area contributed by atoms with Gasteiger partial charge in [-0.25, -0.2) is 0 Å². The largest absolute Gasteiger partial charge is 0.480 e. The molecule has 0 aliphatic heterocycles. The topological polar surface area (TPSA) is 63.6 Å². The SMILES string of the molecule is CCOC(=O)C(CC)(CC)C(=O)O. The van der Waals surface area contributed by atoms with Crippen LogP contribution in [0.15, 0.2) is 0 Å². The molecular weight excluding hydrogens is 172 g/mol. The van der Waals surface area contributed by atoms with Crippen molar-refractivity contribution in [3.8, 4) is 0 Å². The van der Waals surface area contributed by atoms with Gasteiger partial charge in [0.15, 0.2) is 5.41 Å². The Bertz CT molecular complexity index is 194. The molecular formula is C9H16O4. The highest BCUT2D eigenvalue weighted by Crippen LogP contribution is 2.28. The maximum atomic E-state index is 11.4. The minimum absolute atomic E-state index is 0.216. The second-order valence-corrected chi connectivity index (χ2v) is 2.81. The van der Waals surface area contributed by atoms with Gasteiger partial charge in [-0.2, -0.15) is 0 Å². The average molecular weight is 188 g/mol. The first-order chi connectivity index (χ1) is 6.05. The molecule has 76 valence electrons. The maximum Gasteiger partial charge on any atom is 0.323 e. The zero-order valence-electron chi connectivity index (χ0n) is 8.29. The molecule has 0 saturated heterocycles. The van der Waals surface area contributed by atoms with Gasteiger partial charge in [0.05, 0.1) is 6.61 Å². The third-order valence-corrected chi connectivity index (χ3v) is 2.28. The maximum absolute atomic E-state index is 11.4. The summed E-state index contributed by atoms with van der Waals surface area (Å²) in [4.78, 5) is 22.3. The zero-order chi connectivity index (χ0) is 10.5. The van der Waals surface area contributed by atoms with E-state index < -0.39 is 17.4 Å². The second kappa shape index (κ2) is 4.84. The second-order valence-electron chi connectivity index (χ2n) is 2.81. The summed E-state index contributed by atoms with van der Waals surface area (Å²) in [5.41, 5.74) is -1.35. The van der Waals surface area contributed by atoms with Gasteiger partial charge in [0.2, 0.25) is 0 Å². The molecule has 4 heteroatoms. The monoisotopic (exact) mass is 188 g/mol. The molecule has 0 atom stereocenters. The van der Waals surface area contributed by atoms with Crippen LogP contribution < -0.4 is 0 Å². The van der Waals surface area contributed by atoms with Crippen LogP contribution in [0.25, 0.3) is 0 Å². The third kappa shape index (κ3) is 2.20. The first kappa shape index (κ1) is 11.9. The van der Waals surface area contributed by atoms with Crippen LogP contribution in [0.2, 0.25) is 0 Å². The summed E-state index contributed by atoms with van der Waals surface area (Å²) < 4.78 is 4.73. The average Bonchev–Trinajstić information content (AvgIpc) is 2.07. The number of rotatable bonds is 5. The molecule has 0 aliphatic carbocycles. The number of aliphatic carboxylic acids is 1. The molecule has 0 aromatic rings. The van der Waals surface area contributed by atoms with Crippen molar-refractivity contribution in [2.75, 3.05) is 6.61 Å². The molecule has 0 saturated carbocycles. The minimum Gasteiger partial charge on any atom is -0.480 e. The van der Waals surface area contributed by atoms with Crippen molar-refractivity contribution in [1.82, 2.24) is 0 Å². The summed E-state index contributed by atoms with van der Waals surface area (Å²) in [7, 11) is 0. The van der Waals surface area contributed by atoms with Crippen molar-refractivity contribution >= 4 is 11.9 Å². The summed E-state index contributed by atoms with van der Waals surface area (Å²) in [6.45, 7) is 5.23. The fourth-order valence-electron chi connectivity index (χ4n) is 1.20. The summed E-state index contributed by atoms with van der Waals surface area (Å²) >= 11 is 0. The van der Waals surface area contributed by atoms with Crippen molar-refractivity contribution in [3.63, 3.8) is 0 Å². The molecule has 0 amide bonds. The van der Waals surface area contributed by atoms with Crippen molar-refractivity contribution in [2.24, 2.45) is 5.41 Å². The number of carbonyl (C=O) groups is 2. The van der Waals surface area contributed by atoms with Crippen LogP contribution in [0.1, 0.15) is 33.6 Å². The Balaban J connectivity index is 4.75. The number of carbonyl (C=O) groups excluding carboxylic acids is 1. The number of carboxylic acid groups (broad SMARTS) is 1. The Kier molecular flexibility index (Phi) is 4.45. The quantitative estimate of drug-likeness (QED) is 0.523. The zero-order valence-corrected chi connectivity index (χ0v) is 8.29. The molecule has 0 unspecified atom stereocenters. The van der Waals surface area contributed by atoms with Gasteiger partial charge >= 0.3 is 11.9 Å². The smallest absolute Gasteiger partial charge is 0.323 e. The van der Waals surface area contributed by atoms with Crippen molar-refractivity contribution in [3.05, 3.63) is 0 Å². The van der Waals surface area contributed by atoms with Gasteiger partial charge in [0.1, 0.15) is 0 Å². The Morgan fingerprint density at radius 3 is 1.92 bits per heavy atom. The van der Waals surface area contributed by atoms with Gasteiger partial charge in [-0.05, 0) is 19.8 Å². The Labute approximate surface area is 77.9 Å². The lowest BCUT2D eigenvalue weighted by atomic mass is 9.82. The minimum atomic E-state index is -1.35. The lowest BCUT2D eigenvalue weighted by Gasteiger charge is -2.23. The fraction of sp³-hybridized carbons (Fsp3) is 0.778. The standard InChI is InChI=1S/C9H16O4/c1-4-9(5-2,7(10)11)8(12)13-6-3/h4-6H2,1-3H3,(H,10,11). The van der Waals surface area contributed by atoms with Crippen molar-refractivity contribution in [1.29, 1.82) is 0 Å². The molecule has 0 bridgehead atoms. The van der Waals surface area contributed by atoms with E-state index in [9.17, 15) is 9.59 Å². The number of esters is 1. The molecule has 0 aromatic carbocycles.